The predicted octanol–water partition coefficient (Wildman–Crippen LogP) is -1.22. The van der Waals surface area contributed by atoms with Crippen LogP contribution in [0, 0.1) is 0 Å². The fraction of sp³-hybridized carbons (Fsp3) is 1.00. The summed E-state index contributed by atoms with van der Waals surface area (Å²) in [7, 11) is -0.593. The molecule has 0 aliphatic rings. The van der Waals surface area contributed by atoms with E-state index in [0.717, 1.165) is 4.31 Å². The molecule has 1 unspecified atom stereocenters. The first-order valence-corrected chi connectivity index (χ1v) is 5.72. The van der Waals surface area contributed by atoms with Gasteiger partial charge in [0.25, 0.3) is 10.2 Å². The largest absolute Gasteiger partial charge is 0.395 e. The van der Waals surface area contributed by atoms with E-state index >= 15 is 0 Å². The van der Waals surface area contributed by atoms with Crippen LogP contribution in [0.1, 0.15) is 6.92 Å². The fourth-order valence-corrected chi connectivity index (χ4v) is 1.81. The Morgan fingerprint density at radius 3 is 2.57 bits per heavy atom. The SMILES string of the molecule is COCCNS(=O)(=O)N(C)C(C)CO. The third kappa shape index (κ3) is 4.34. The molecule has 0 aliphatic carbocycles. The molecular weight excluding hydrogens is 208 g/mol. The molecular formula is C7H18N2O4S. The smallest absolute Gasteiger partial charge is 0.279 e. The quantitative estimate of drug-likeness (QED) is 0.533. The van der Waals surface area contributed by atoms with E-state index < -0.39 is 16.3 Å². The van der Waals surface area contributed by atoms with E-state index in [1.807, 2.05) is 0 Å². The highest BCUT2D eigenvalue weighted by Crippen LogP contribution is 2.00. The highest BCUT2D eigenvalue weighted by Gasteiger charge is 2.21. The number of nitrogens with one attached hydrogen (secondary N) is 1. The summed E-state index contributed by atoms with van der Waals surface area (Å²) in [5, 5.41) is 8.78. The van der Waals surface area contributed by atoms with E-state index in [2.05, 4.69) is 4.72 Å². The molecule has 0 bridgehead atoms. The lowest BCUT2D eigenvalue weighted by molar-refractivity contribution is 0.199. The summed E-state index contributed by atoms with van der Waals surface area (Å²) >= 11 is 0. The van der Waals surface area contributed by atoms with Gasteiger partial charge in [0.2, 0.25) is 0 Å². The molecule has 0 amide bonds. The van der Waals surface area contributed by atoms with E-state index in [1.54, 1.807) is 6.92 Å². The summed E-state index contributed by atoms with van der Waals surface area (Å²) in [6, 6.07) is -0.435. The van der Waals surface area contributed by atoms with Crippen LogP contribution in [-0.2, 0) is 14.9 Å². The van der Waals surface area contributed by atoms with Crippen molar-refractivity contribution < 1.29 is 18.3 Å². The lowest BCUT2D eigenvalue weighted by Crippen LogP contribution is -2.45. The van der Waals surface area contributed by atoms with Gasteiger partial charge in [0.05, 0.1) is 13.2 Å². The van der Waals surface area contributed by atoms with E-state index in [0.29, 0.717) is 6.61 Å². The molecule has 0 heterocycles. The van der Waals surface area contributed by atoms with Gasteiger partial charge in [-0.3, -0.25) is 0 Å². The Morgan fingerprint density at radius 1 is 1.57 bits per heavy atom. The predicted molar refractivity (Wildman–Crippen MR) is 53.1 cm³/mol. The molecule has 86 valence electrons. The van der Waals surface area contributed by atoms with Crippen molar-refractivity contribution in [3.8, 4) is 0 Å². The molecule has 0 aromatic rings. The normalized spacial score (nSPS) is 14.6. The lowest BCUT2D eigenvalue weighted by Gasteiger charge is -2.22. The number of hydrogen-bond acceptors (Lipinski definition) is 4. The van der Waals surface area contributed by atoms with E-state index in [-0.39, 0.29) is 13.2 Å². The molecule has 7 heteroatoms. The van der Waals surface area contributed by atoms with Gasteiger partial charge in [0, 0.05) is 26.7 Å². The first-order valence-electron chi connectivity index (χ1n) is 4.28. The van der Waals surface area contributed by atoms with Gasteiger partial charge in [-0.05, 0) is 6.92 Å². The number of rotatable bonds is 7. The molecule has 0 aromatic carbocycles. The summed E-state index contributed by atoms with van der Waals surface area (Å²) in [6.45, 7) is 1.96. The molecule has 0 radical (unpaired) electrons. The summed E-state index contributed by atoms with van der Waals surface area (Å²) in [6.07, 6.45) is 0. The Labute approximate surface area is 85.0 Å². The molecule has 14 heavy (non-hydrogen) atoms. The topological polar surface area (TPSA) is 78.9 Å². The number of nitrogens with zero attached hydrogens (tertiary/aromatic N) is 1. The minimum Gasteiger partial charge on any atom is -0.395 e. The number of aliphatic hydroxyl groups is 1. The monoisotopic (exact) mass is 226 g/mol. The maximum Gasteiger partial charge on any atom is 0.279 e. The molecule has 0 saturated heterocycles. The van der Waals surface area contributed by atoms with Gasteiger partial charge in [-0.1, -0.05) is 0 Å². The molecule has 2 N–H and O–H groups in total. The molecule has 0 rings (SSSR count). The Hall–Kier alpha value is -0.210. The number of aliphatic hydroxyl groups excluding tert-OH is 1. The second-order valence-electron chi connectivity index (χ2n) is 2.94. The Kier molecular flexibility index (Phi) is 6.21. The second-order valence-corrected chi connectivity index (χ2v) is 4.75. The van der Waals surface area contributed by atoms with Crippen LogP contribution in [0.4, 0.5) is 0 Å². The Bertz CT molecular complexity index is 242. The standard InChI is InChI=1S/C7H18N2O4S/c1-7(6-10)9(2)14(11,12)8-4-5-13-3/h7-8,10H,4-6H2,1-3H3. The first kappa shape index (κ1) is 13.8. The molecule has 0 saturated carbocycles. The highest BCUT2D eigenvalue weighted by atomic mass is 32.2. The van der Waals surface area contributed by atoms with Crippen molar-refractivity contribution in [3.63, 3.8) is 0 Å². The first-order chi connectivity index (χ1) is 6.45. The zero-order valence-electron chi connectivity index (χ0n) is 8.73. The highest BCUT2D eigenvalue weighted by molar-refractivity contribution is 7.87. The van der Waals surface area contributed by atoms with Gasteiger partial charge in [-0.2, -0.15) is 17.4 Å². The molecule has 6 nitrogen and oxygen atoms in total. The van der Waals surface area contributed by atoms with Crippen molar-refractivity contribution in [2.45, 2.75) is 13.0 Å². The average molecular weight is 226 g/mol. The van der Waals surface area contributed by atoms with Crippen molar-refractivity contribution >= 4 is 10.2 Å². The van der Waals surface area contributed by atoms with Gasteiger partial charge in [0.15, 0.2) is 0 Å². The van der Waals surface area contributed by atoms with Crippen molar-refractivity contribution in [1.82, 2.24) is 9.03 Å². The van der Waals surface area contributed by atoms with Crippen molar-refractivity contribution in [1.29, 1.82) is 0 Å². The Morgan fingerprint density at radius 2 is 2.14 bits per heavy atom. The van der Waals surface area contributed by atoms with E-state index in [9.17, 15) is 8.42 Å². The number of methoxy groups -OCH3 is 1. The number of likely N-dealkylation sites (N-methyl/N-ethyl adjacent to an activating group) is 1. The van der Waals surface area contributed by atoms with E-state index in [4.69, 9.17) is 9.84 Å². The van der Waals surface area contributed by atoms with Crippen molar-refractivity contribution in [2.24, 2.45) is 0 Å². The molecule has 1 atom stereocenters. The minimum absolute atomic E-state index is 0.207. The minimum atomic E-state index is -3.50. The summed E-state index contributed by atoms with van der Waals surface area (Å²) in [5.41, 5.74) is 0. The zero-order valence-corrected chi connectivity index (χ0v) is 9.54. The maximum absolute atomic E-state index is 11.5. The molecule has 0 spiro atoms. The van der Waals surface area contributed by atoms with Crippen LogP contribution in [0.2, 0.25) is 0 Å². The van der Waals surface area contributed by atoms with Crippen LogP contribution in [0.5, 0.6) is 0 Å². The molecule has 0 aromatic heterocycles. The van der Waals surface area contributed by atoms with Crippen LogP contribution in [0.3, 0.4) is 0 Å². The second kappa shape index (κ2) is 6.31. The van der Waals surface area contributed by atoms with Gasteiger partial charge in [-0.15, -0.1) is 0 Å². The van der Waals surface area contributed by atoms with Gasteiger partial charge in [0.1, 0.15) is 0 Å². The maximum atomic E-state index is 11.5. The van der Waals surface area contributed by atoms with Crippen LogP contribution < -0.4 is 4.72 Å². The summed E-state index contributed by atoms with van der Waals surface area (Å²) in [5.74, 6) is 0. The van der Waals surface area contributed by atoms with Gasteiger partial charge in [-0.25, -0.2) is 0 Å². The van der Waals surface area contributed by atoms with E-state index in [1.165, 1.54) is 14.2 Å². The number of hydrogen-bond donors (Lipinski definition) is 2. The zero-order chi connectivity index (χ0) is 11.2. The number of ether oxygens (including phenoxy) is 1. The van der Waals surface area contributed by atoms with Crippen LogP contribution in [0.25, 0.3) is 0 Å². The fourth-order valence-electron chi connectivity index (χ4n) is 0.726. The summed E-state index contributed by atoms with van der Waals surface area (Å²) in [4.78, 5) is 0. The average Bonchev–Trinajstić information content (AvgIpc) is 2.15. The Balaban J connectivity index is 4.17. The van der Waals surface area contributed by atoms with Crippen molar-refractivity contribution in [3.05, 3.63) is 0 Å². The van der Waals surface area contributed by atoms with Crippen molar-refractivity contribution in [2.75, 3.05) is 33.9 Å². The molecule has 0 fully saturated rings. The van der Waals surface area contributed by atoms with Crippen LogP contribution in [-0.4, -0.2) is 57.8 Å². The van der Waals surface area contributed by atoms with Crippen LogP contribution >= 0.6 is 0 Å². The summed E-state index contributed by atoms with van der Waals surface area (Å²) < 4.78 is 31.0. The molecule has 0 aliphatic heterocycles. The van der Waals surface area contributed by atoms with Gasteiger partial charge < -0.3 is 9.84 Å². The van der Waals surface area contributed by atoms with Gasteiger partial charge >= 0.3 is 0 Å². The third-order valence-corrected chi connectivity index (χ3v) is 3.54. The third-order valence-electron chi connectivity index (χ3n) is 1.85. The lowest BCUT2D eigenvalue weighted by atomic mass is 10.4. The van der Waals surface area contributed by atoms with Crippen LogP contribution in [0.15, 0.2) is 0 Å².